The lowest BCUT2D eigenvalue weighted by Gasteiger charge is -2.41. The maximum atomic E-state index is 6.45. The molecule has 1 aromatic heterocycles. The number of fused-ring (bicyclic) bond motifs is 2. The lowest BCUT2D eigenvalue weighted by Crippen LogP contribution is -2.41. The number of hydrogen-bond acceptors (Lipinski definition) is 3. The van der Waals surface area contributed by atoms with Gasteiger partial charge in [-0.25, -0.2) is 0 Å². The molecule has 1 saturated carbocycles. The van der Waals surface area contributed by atoms with Crippen molar-refractivity contribution in [2.45, 2.75) is 57.5 Å². The predicted molar refractivity (Wildman–Crippen MR) is 86.6 cm³/mol. The zero-order valence-electron chi connectivity index (χ0n) is 12.4. The fourth-order valence-corrected chi connectivity index (χ4v) is 4.14. The van der Waals surface area contributed by atoms with Gasteiger partial charge in [0.15, 0.2) is 4.71 Å². The largest absolute Gasteiger partial charge is 0.487 e. The predicted octanol–water partition coefficient (Wildman–Crippen LogP) is 5.50. The van der Waals surface area contributed by atoms with Crippen molar-refractivity contribution in [2.24, 2.45) is 0 Å². The first kappa shape index (κ1) is 13.3. The van der Waals surface area contributed by atoms with E-state index in [1.165, 1.54) is 43.2 Å². The molecule has 0 radical (unpaired) electrons. The van der Waals surface area contributed by atoms with Crippen LogP contribution in [0.4, 0.5) is 0 Å². The first-order valence-electron chi connectivity index (χ1n) is 7.92. The van der Waals surface area contributed by atoms with E-state index in [4.69, 9.17) is 21.4 Å². The highest BCUT2D eigenvalue weighted by Crippen LogP contribution is 2.43. The molecule has 2 aromatic rings. The highest BCUT2D eigenvalue weighted by atomic mass is 32.1. The van der Waals surface area contributed by atoms with E-state index in [9.17, 15) is 0 Å². The van der Waals surface area contributed by atoms with Crippen LogP contribution in [0.25, 0.3) is 11.0 Å². The van der Waals surface area contributed by atoms with Crippen molar-refractivity contribution in [1.29, 1.82) is 0 Å². The molecule has 1 aromatic carbocycles. The maximum Gasteiger partial charge on any atom is 0.191 e. The summed E-state index contributed by atoms with van der Waals surface area (Å²) in [6.45, 7) is 2.09. The molecule has 21 heavy (non-hydrogen) atoms. The van der Waals surface area contributed by atoms with Crippen LogP contribution in [0.15, 0.2) is 22.6 Å². The fourth-order valence-electron chi connectivity index (χ4n) is 3.88. The van der Waals surface area contributed by atoms with Crippen molar-refractivity contribution in [2.75, 3.05) is 0 Å². The molecule has 0 unspecified atom stereocenters. The SMILES string of the molecule is Cc1cc(=S)oc2cc3c(cc12)CCC1(CCCCC1)O3. The van der Waals surface area contributed by atoms with Crippen LogP contribution in [0, 0.1) is 11.6 Å². The van der Waals surface area contributed by atoms with Crippen molar-refractivity contribution in [3.05, 3.63) is 34.0 Å². The second kappa shape index (κ2) is 4.84. The summed E-state index contributed by atoms with van der Waals surface area (Å²) in [7, 11) is 0. The molecule has 1 spiro atoms. The van der Waals surface area contributed by atoms with Gasteiger partial charge in [-0.3, -0.25) is 0 Å². The molecule has 2 heterocycles. The van der Waals surface area contributed by atoms with E-state index < -0.39 is 0 Å². The Morgan fingerprint density at radius 3 is 2.67 bits per heavy atom. The lowest BCUT2D eigenvalue weighted by atomic mass is 9.79. The van der Waals surface area contributed by atoms with Gasteiger partial charge in [0.05, 0.1) is 0 Å². The number of aryl methyl sites for hydroxylation is 2. The summed E-state index contributed by atoms with van der Waals surface area (Å²) >= 11 is 5.19. The van der Waals surface area contributed by atoms with E-state index in [0.29, 0.717) is 4.71 Å². The number of ether oxygens (including phenoxy) is 1. The smallest absolute Gasteiger partial charge is 0.191 e. The average Bonchev–Trinajstić information content (AvgIpc) is 2.46. The van der Waals surface area contributed by atoms with Gasteiger partial charge < -0.3 is 9.15 Å². The third-order valence-electron chi connectivity index (χ3n) is 5.07. The van der Waals surface area contributed by atoms with E-state index in [2.05, 4.69) is 19.1 Å². The van der Waals surface area contributed by atoms with E-state index >= 15 is 0 Å². The highest BCUT2D eigenvalue weighted by molar-refractivity contribution is 7.71. The van der Waals surface area contributed by atoms with Gasteiger partial charge in [-0.1, -0.05) is 6.42 Å². The summed E-state index contributed by atoms with van der Waals surface area (Å²) < 4.78 is 12.7. The number of rotatable bonds is 0. The molecular formula is C18H20O2S. The molecule has 0 amide bonds. The molecule has 1 aliphatic heterocycles. The summed E-state index contributed by atoms with van der Waals surface area (Å²) in [5.74, 6) is 1.01. The van der Waals surface area contributed by atoms with Crippen molar-refractivity contribution in [3.8, 4) is 5.75 Å². The van der Waals surface area contributed by atoms with E-state index in [0.717, 1.165) is 29.6 Å². The monoisotopic (exact) mass is 300 g/mol. The van der Waals surface area contributed by atoms with Crippen LogP contribution in [0.3, 0.4) is 0 Å². The Morgan fingerprint density at radius 2 is 1.86 bits per heavy atom. The molecule has 2 aliphatic rings. The molecule has 110 valence electrons. The van der Waals surface area contributed by atoms with E-state index in [-0.39, 0.29) is 5.60 Å². The minimum absolute atomic E-state index is 0.0829. The molecule has 0 saturated heterocycles. The Hall–Kier alpha value is -1.35. The van der Waals surface area contributed by atoms with Gasteiger partial charge in [-0.05, 0) is 80.9 Å². The fraction of sp³-hybridized carbons (Fsp3) is 0.500. The molecular weight excluding hydrogens is 280 g/mol. The molecule has 2 nitrogen and oxygen atoms in total. The van der Waals surface area contributed by atoms with Crippen molar-refractivity contribution in [3.63, 3.8) is 0 Å². The van der Waals surface area contributed by atoms with Gasteiger partial charge in [0.1, 0.15) is 16.9 Å². The van der Waals surface area contributed by atoms with E-state index in [1.54, 1.807) is 0 Å². The third kappa shape index (κ3) is 2.28. The van der Waals surface area contributed by atoms with Gasteiger partial charge >= 0.3 is 0 Å². The van der Waals surface area contributed by atoms with Gasteiger partial charge in [-0.15, -0.1) is 0 Å². The van der Waals surface area contributed by atoms with Crippen LogP contribution in [-0.2, 0) is 6.42 Å². The number of benzene rings is 1. The lowest BCUT2D eigenvalue weighted by molar-refractivity contribution is 0.0109. The number of hydrogen-bond donors (Lipinski definition) is 0. The summed E-state index contributed by atoms with van der Waals surface area (Å²) in [5, 5.41) is 1.16. The molecule has 0 bridgehead atoms. The second-order valence-corrected chi connectivity index (χ2v) is 6.95. The molecule has 3 heteroatoms. The molecule has 1 fully saturated rings. The Morgan fingerprint density at radius 1 is 1.05 bits per heavy atom. The van der Waals surface area contributed by atoms with Crippen LogP contribution in [0.1, 0.15) is 49.7 Å². The Kier molecular flexibility index (Phi) is 3.07. The Bertz CT molecular complexity index is 754. The van der Waals surface area contributed by atoms with Crippen molar-refractivity contribution in [1.82, 2.24) is 0 Å². The van der Waals surface area contributed by atoms with Crippen LogP contribution in [0.2, 0.25) is 0 Å². The van der Waals surface area contributed by atoms with Gasteiger partial charge in [0, 0.05) is 11.5 Å². The van der Waals surface area contributed by atoms with Gasteiger partial charge in [0.2, 0.25) is 0 Å². The summed E-state index contributed by atoms with van der Waals surface area (Å²) in [4.78, 5) is 0. The van der Waals surface area contributed by atoms with Crippen LogP contribution < -0.4 is 4.74 Å². The molecule has 1 aliphatic carbocycles. The molecule has 4 rings (SSSR count). The first-order valence-corrected chi connectivity index (χ1v) is 8.33. The maximum absolute atomic E-state index is 6.45. The van der Waals surface area contributed by atoms with E-state index in [1.807, 2.05) is 6.07 Å². The Labute approximate surface area is 130 Å². The standard InChI is InChI=1S/C18H20O2S/c1-12-9-17(21)19-16-11-15-13(10-14(12)16)5-8-18(20-15)6-3-2-4-7-18/h9-11H,2-8H2,1H3. The minimum atomic E-state index is 0.0829. The molecule has 0 N–H and O–H groups in total. The topological polar surface area (TPSA) is 22.4 Å². The average molecular weight is 300 g/mol. The second-order valence-electron chi connectivity index (χ2n) is 6.55. The van der Waals surface area contributed by atoms with Gasteiger partial charge in [0.25, 0.3) is 0 Å². The summed E-state index contributed by atoms with van der Waals surface area (Å²) in [5.41, 5.74) is 3.43. The molecule has 0 atom stereocenters. The minimum Gasteiger partial charge on any atom is -0.487 e. The zero-order chi connectivity index (χ0) is 14.4. The first-order chi connectivity index (χ1) is 10.2. The third-order valence-corrected chi connectivity index (χ3v) is 5.27. The highest BCUT2D eigenvalue weighted by Gasteiger charge is 2.37. The van der Waals surface area contributed by atoms with Gasteiger partial charge in [-0.2, -0.15) is 0 Å². The zero-order valence-corrected chi connectivity index (χ0v) is 13.2. The summed E-state index contributed by atoms with van der Waals surface area (Å²) in [6.07, 6.45) is 8.60. The van der Waals surface area contributed by atoms with Crippen LogP contribution in [0.5, 0.6) is 5.75 Å². The quantitative estimate of drug-likeness (QED) is 0.600. The Balaban J connectivity index is 1.81. The van der Waals surface area contributed by atoms with Crippen LogP contribution >= 0.6 is 12.2 Å². The van der Waals surface area contributed by atoms with Crippen molar-refractivity contribution < 1.29 is 9.15 Å². The summed E-state index contributed by atoms with van der Waals surface area (Å²) in [6, 6.07) is 6.22. The van der Waals surface area contributed by atoms with Crippen molar-refractivity contribution >= 4 is 23.2 Å². The van der Waals surface area contributed by atoms with Crippen LogP contribution in [-0.4, -0.2) is 5.60 Å². The normalized spacial score (nSPS) is 20.2.